The van der Waals surface area contributed by atoms with Gasteiger partial charge in [0, 0.05) is 36.8 Å². The fourth-order valence-corrected chi connectivity index (χ4v) is 5.10. The molecule has 0 amide bonds. The van der Waals surface area contributed by atoms with E-state index in [0.717, 1.165) is 62.1 Å². The third-order valence-corrected chi connectivity index (χ3v) is 6.57. The minimum atomic E-state index is 0.0326. The predicted molar refractivity (Wildman–Crippen MR) is 123 cm³/mol. The van der Waals surface area contributed by atoms with Crippen molar-refractivity contribution in [2.45, 2.75) is 38.5 Å². The third kappa shape index (κ3) is 6.12. The first-order chi connectivity index (χ1) is 14.3. The van der Waals surface area contributed by atoms with Crippen LogP contribution in [0.25, 0.3) is 12.2 Å². The Kier molecular flexibility index (Phi) is 8.01. The van der Waals surface area contributed by atoms with Crippen LogP contribution in [-0.4, -0.2) is 62.6 Å². The molecule has 0 aromatic heterocycles. The van der Waals surface area contributed by atoms with Crippen molar-refractivity contribution in [3.63, 3.8) is 0 Å². The molecule has 2 aliphatic rings. The van der Waals surface area contributed by atoms with Crippen molar-refractivity contribution in [2.24, 2.45) is 23.7 Å². The van der Waals surface area contributed by atoms with Gasteiger partial charge in [0.25, 0.3) is 0 Å². The molecule has 2 aliphatic carbocycles. The molecule has 0 heterocycles. The first kappa shape index (κ1) is 22.9. The van der Waals surface area contributed by atoms with Gasteiger partial charge in [-0.25, -0.2) is 0 Å². The standard InChI is InChI=1S/C26H38N2O2/c1-27(2)17-23-9-5-7-21(25(23)29)15-19-11-13-20(14-12-19)16-22-8-6-10-24(26(22)30)18-28(3)4/h11-16,21-24H,5-10,17-18H2,1-4H3. The highest BCUT2D eigenvalue weighted by Crippen LogP contribution is 2.28. The average Bonchev–Trinajstić information content (AvgIpc) is 2.69. The largest absolute Gasteiger partial charge is 0.309 e. The van der Waals surface area contributed by atoms with Crippen LogP contribution < -0.4 is 10.4 Å². The summed E-state index contributed by atoms with van der Waals surface area (Å²) in [6, 6.07) is 8.39. The van der Waals surface area contributed by atoms with E-state index in [-0.39, 0.29) is 23.7 Å². The second-order valence-corrected chi connectivity index (χ2v) is 9.80. The average molecular weight is 411 g/mol. The van der Waals surface area contributed by atoms with E-state index in [1.165, 1.54) is 0 Å². The summed E-state index contributed by atoms with van der Waals surface area (Å²) in [6.07, 6.45) is 10.5. The van der Waals surface area contributed by atoms with Gasteiger partial charge in [-0.05, 0) is 64.3 Å². The molecule has 1 aromatic rings. The van der Waals surface area contributed by atoms with Gasteiger partial charge in [0.15, 0.2) is 0 Å². The first-order valence-corrected chi connectivity index (χ1v) is 11.5. The summed E-state index contributed by atoms with van der Waals surface area (Å²) < 4.78 is 0. The summed E-state index contributed by atoms with van der Waals surface area (Å²) >= 11 is 0. The molecule has 164 valence electrons. The summed E-state index contributed by atoms with van der Waals surface area (Å²) in [7, 11) is 8.15. The molecule has 0 saturated heterocycles. The number of benzene rings is 1. The summed E-state index contributed by atoms with van der Waals surface area (Å²) in [4.78, 5) is 29.9. The Morgan fingerprint density at radius 1 is 0.700 bits per heavy atom. The number of carbonyl (C=O) groups excluding carboxylic acids is 2. The Hall–Kier alpha value is -1.78. The zero-order valence-corrected chi connectivity index (χ0v) is 19.1. The van der Waals surface area contributed by atoms with E-state index in [1.807, 2.05) is 28.2 Å². The lowest BCUT2D eigenvalue weighted by Gasteiger charge is -2.28. The normalized spacial score (nSPS) is 27.5. The molecule has 30 heavy (non-hydrogen) atoms. The highest BCUT2D eigenvalue weighted by atomic mass is 16.1. The van der Waals surface area contributed by atoms with Gasteiger partial charge < -0.3 is 9.80 Å². The number of hydrogen-bond acceptors (Lipinski definition) is 4. The van der Waals surface area contributed by atoms with Crippen LogP contribution in [0.3, 0.4) is 0 Å². The van der Waals surface area contributed by atoms with Gasteiger partial charge >= 0.3 is 0 Å². The van der Waals surface area contributed by atoms with Crippen molar-refractivity contribution < 1.29 is 9.59 Å². The molecule has 0 radical (unpaired) electrons. The van der Waals surface area contributed by atoms with Crippen LogP contribution in [0.15, 0.2) is 24.3 Å². The molecule has 4 atom stereocenters. The summed E-state index contributed by atoms with van der Waals surface area (Å²) in [5, 5.41) is 2.22. The monoisotopic (exact) mass is 410 g/mol. The van der Waals surface area contributed by atoms with Crippen molar-refractivity contribution in [3.05, 3.63) is 34.7 Å². The van der Waals surface area contributed by atoms with Crippen LogP contribution in [0.5, 0.6) is 0 Å². The third-order valence-electron chi connectivity index (χ3n) is 6.57. The molecule has 2 fully saturated rings. The topological polar surface area (TPSA) is 40.6 Å². The lowest BCUT2D eigenvalue weighted by atomic mass is 9.79. The number of rotatable bonds is 6. The highest BCUT2D eigenvalue weighted by Gasteiger charge is 2.30. The zero-order valence-electron chi connectivity index (χ0n) is 19.1. The van der Waals surface area contributed by atoms with Crippen molar-refractivity contribution in [3.8, 4) is 0 Å². The number of ketones is 2. The summed E-state index contributed by atoms with van der Waals surface area (Å²) in [5.74, 6) is 1.18. The smallest absolute Gasteiger partial charge is 0.144 e. The molecule has 3 rings (SSSR count). The fourth-order valence-electron chi connectivity index (χ4n) is 5.10. The summed E-state index contributed by atoms with van der Waals surface area (Å²) in [6.45, 7) is 1.70. The summed E-state index contributed by atoms with van der Waals surface area (Å²) in [5.41, 5.74) is 0. The van der Waals surface area contributed by atoms with E-state index in [2.05, 4.69) is 46.2 Å². The van der Waals surface area contributed by atoms with Crippen LogP contribution in [0, 0.1) is 23.7 Å². The highest BCUT2D eigenvalue weighted by molar-refractivity contribution is 5.89. The maximum Gasteiger partial charge on any atom is 0.144 e. The molecular weight excluding hydrogens is 372 g/mol. The van der Waals surface area contributed by atoms with E-state index in [0.29, 0.717) is 11.6 Å². The van der Waals surface area contributed by atoms with Crippen LogP contribution in [0.2, 0.25) is 0 Å². The number of nitrogens with zero attached hydrogens (tertiary/aromatic N) is 2. The van der Waals surface area contributed by atoms with E-state index in [4.69, 9.17) is 0 Å². The molecule has 4 heteroatoms. The number of Topliss-reactive ketones (excluding diaryl/α,β-unsaturated/α-hetero) is 2. The van der Waals surface area contributed by atoms with Crippen LogP contribution in [0.1, 0.15) is 38.5 Å². The second kappa shape index (κ2) is 10.5. The van der Waals surface area contributed by atoms with E-state index < -0.39 is 0 Å². The predicted octanol–water partition coefficient (Wildman–Crippen LogP) is 2.34. The van der Waals surface area contributed by atoms with Crippen LogP contribution in [-0.2, 0) is 9.59 Å². The number of carbonyl (C=O) groups is 2. The zero-order chi connectivity index (χ0) is 21.7. The van der Waals surface area contributed by atoms with Gasteiger partial charge in [-0.2, -0.15) is 0 Å². The van der Waals surface area contributed by atoms with E-state index in [1.54, 1.807) is 0 Å². The van der Waals surface area contributed by atoms with E-state index >= 15 is 0 Å². The molecule has 0 aliphatic heterocycles. The Bertz CT molecular complexity index is 764. The fraction of sp³-hybridized carbons (Fsp3) is 0.615. The van der Waals surface area contributed by atoms with Gasteiger partial charge in [0.2, 0.25) is 0 Å². The Balaban J connectivity index is 1.71. The quantitative estimate of drug-likeness (QED) is 0.722. The molecule has 0 bridgehead atoms. The van der Waals surface area contributed by atoms with Gasteiger partial charge in [-0.1, -0.05) is 49.3 Å². The van der Waals surface area contributed by atoms with Gasteiger partial charge in [-0.3, -0.25) is 9.59 Å². The molecule has 2 saturated carbocycles. The van der Waals surface area contributed by atoms with Gasteiger partial charge in [0.1, 0.15) is 11.6 Å². The van der Waals surface area contributed by atoms with Crippen LogP contribution in [0.4, 0.5) is 0 Å². The first-order valence-electron chi connectivity index (χ1n) is 11.5. The van der Waals surface area contributed by atoms with Gasteiger partial charge in [-0.15, -0.1) is 0 Å². The van der Waals surface area contributed by atoms with E-state index in [9.17, 15) is 9.59 Å². The molecule has 0 N–H and O–H groups in total. The Morgan fingerprint density at radius 2 is 1.07 bits per heavy atom. The minimum absolute atomic E-state index is 0.0326. The van der Waals surface area contributed by atoms with Crippen molar-refractivity contribution in [1.82, 2.24) is 9.80 Å². The molecule has 1 aromatic carbocycles. The van der Waals surface area contributed by atoms with Crippen molar-refractivity contribution in [1.29, 1.82) is 0 Å². The van der Waals surface area contributed by atoms with Crippen LogP contribution >= 0.6 is 0 Å². The molecule has 4 nitrogen and oxygen atoms in total. The maximum atomic E-state index is 12.8. The Morgan fingerprint density at radius 3 is 1.40 bits per heavy atom. The van der Waals surface area contributed by atoms with Gasteiger partial charge in [0.05, 0.1) is 0 Å². The maximum absolute atomic E-state index is 12.8. The SMILES string of the molecule is CN(C)CC1CCCC(C=c2ccc(=CC3CCCC(CN(C)C)C3=O)cc2)C1=O. The van der Waals surface area contributed by atoms with Crippen molar-refractivity contribution >= 4 is 23.7 Å². The second-order valence-electron chi connectivity index (χ2n) is 9.80. The van der Waals surface area contributed by atoms with Crippen molar-refractivity contribution in [2.75, 3.05) is 41.3 Å². The Labute approximate surface area is 181 Å². The molecule has 4 unspecified atom stereocenters. The lowest BCUT2D eigenvalue weighted by molar-refractivity contribution is -0.128. The minimum Gasteiger partial charge on any atom is -0.309 e. The molecule has 0 spiro atoms. The number of hydrogen-bond donors (Lipinski definition) is 0. The molecular formula is C26H38N2O2. The lowest BCUT2D eigenvalue weighted by Crippen LogP contribution is -2.35.